The molecule has 2 saturated carbocycles. The molecule has 0 heterocycles. The Morgan fingerprint density at radius 3 is 1.32 bits per heavy atom. The van der Waals surface area contributed by atoms with Crippen LogP contribution < -0.4 is 0 Å². The summed E-state index contributed by atoms with van der Waals surface area (Å²) < 4.78 is 0. The van der Waals surface area contributed by atoms with E-state index in [2.05, 4.69) is 38.1 Å². The van der Waals surface area contributed by atoms with Gasteiger partial charge in [-0.05, 0) is 85.8 Å². The van der Waals surface area contributed by atoms with Gasteiger partial charge in [0.15, 0.2) is 0 Å². The van der Waals surface area contributed by atoms with E-state index in [1.54, 1.807) is 11.8 Å². The maximum absolute atomic E-state index is 10.9. The fraction of sp³-hybridized carbons (Fsp3) is 0.571. The third kappa shape index (κ3) is 4.49. The molecule has 0 saturated heterocycles. The molecule has 2 aliphatic carbocycles. The van der Waals surface area contributed by atoms with Crippen LogP contribution in [0.4, 0.5) is 0 Å². The largest absolute Gasteiger partial charge is 0.507 e. The fourth-order valence-corrected chi connectivity index (χ4v) is 6.97. The average molecular weight is 439 g/mol. The van der Waals surface area contributed by atoms with Gasteiger partial charge < -0.3 is 10.2 Å². The summed E-state index contributed by atoms with van der Waals surface area (Å²) in [5.74, 6) is 0.956. The number of phenols is 2. The normalized spacial score (nSPS) is 20.5. The van der Waals surface area contributed by atoms with Crippen LogP contribution in [0, 0.1) is 13.8 Å². The Balaban J connectivity index is 1.70. The predicted molar refractivity (Wildman–Crippen MR) is 131 cm³/mol. The lowest BCUT2D eigenvalue weighted by molar-refractivity contribution is 0.307. The van der Waals surface area contributed by atoms with Gasteiger partial charge in [-0.25, -0.2) is 0 Å². The van der Waals surface area contributed by atoms with Crippen LogP contribution in [0.2, 0.25) is 0 Å². The zero-order valence-corrected chi connectivity index (χ0v) is 20.5. The molecule has 2 aromatic carbocycles. The van der Waals surface area contributed by atoms with Gasteiger partial charge >= 0.3 is 0 Å². The minimum Gasteiger partial charge on any atom is -0.507 e. The first kappa shape index (κ1) is 22.6. The van der Waals surface area contributed by atoms with Gasteiger partial charge in [-0.1, -0.05) is 64.1 Å². The second-order valence-corrected chi connectivity index (χ2v) is 11.8. The van der Waals surface area contributed by atoms with Gasteiger partial charge in [-0.3, -0.25) is 0 Å². The minimum absolute atomic E-state index is 0.0648. The van der Waals surface area contributed by atoms with Gasteiger partial charge in [0.1, 0.15) is 11.5 Å². The Hall–Kier alpha value is -1.61. The molecular weight excluding hydrogens is 400 g/mol. The van der Waals surface area contributed by atoms with Crippen LogP contribution >= 0.6 is 11.8 Å². The van der Waals surface area contributed by atoms with Crippen molar-refractivity contribution < 1.29 is 10.2 Å². The highest BCUT2D eigenvalue weighted by molar-refractivity contribution is 7.99. The summed E-state index contributed by atoms with van der Waals surface area (Å²) in [6.07, 6.45) is 12.2. The lowest BCUT2D eigenvalue weighted by atomic mass is 9.70. The third-order valence-corrected chi connectivity index (χ3v) is 8.94. The van der Waals surface area contributed by atoms with Crippen molar-refractivity contribution in [3.05, 3.63) is 46.5 Å². The van der Waals surface area contributed by atoms with Gasteiger partial charge in [0.25, 0.3) is 0 Å². The van der Waals surface area contributed by atoms with Crippen LogP contribution in [-0.4, -0.2) is 10.2 Å². The lowest BCUT2D eigenvalue weighted by Crippen LogP contribution is -2.25. The van der Waals surface area contributed by atoms with Crippen LogP contribution in [0.3, 0.4) is 0 Å². The number of rotatable bonds is 4. The van der Waals surface area contributed by atoms with E-state index < -0.39 is 0 Å². The number of benzene rings is 2. The van der Waals surface area contributed by atoms with E-state index in [0.29, 0.717) is 11.5 Å². The van der Waals surface area contributed by atoms with Gasteiger partial charge in [-0.15, -0.1) is 0 Å². The molecule has 2 aliphatic rings. The van der Waals surface area contributed by atoms with Gasteiger partial charge in [0.2, 0.25) is 0 Å². The van der Waals surface area contributed by atoms with E-state index in [1.165, 1.54) is 48.3 Å². The summed E-state index contributed by atoms with van der Waals surface area (Å²) in [7, 11) is 0. The molecule has 2 aromatic rings. The molecule has 31 heavy (non-hydrogen) atoms. The third-order valence-electron chi connectivity index (χ3n) is 8.00. The van der Waals surface area contributed by atoms with Gasteiger partial charge in [0.05, 0.1) is 0 Å². The highest BCUT2D eigenvalue weighted by atomic mass is 32.2. The molecule has 0 radical (unpaired) electrons. The van der Waals surface area contributed by atoms with Crippen LogP contribution in [0.1, 0.15) is 100 Å². The van der Waals surface area contributed by atoms with Crippen molar-refractivity contribution in [2.75, 3.05) is 0 Å². The first-order valence-electron chi connectivity index (χ1n) is 12.1. The van der Waals surface area contributed by atoms with Crippen molar-refractivity contribution >= 4 is 11.8 Å². The SMILES string of the molecule is Cc1cc(Sc2cc(C)c(O)c(C3(C)CCCCC3)c2)cc(C2(C)CCCCC2)c1O. The Morgan fingerprint density at radius 1 is 0.613 bits per heavy atom. The first-order valence-corrected chi connectivity index (χ1v) is 12.9. The van der Waals surface area contributed by atoms with Crippen LogP contribution in [0.5, 0.6) is 11.5 Å². The van der Waals surface area contributed by atoms with Crippen molar-refractivity contribution in [3.63, 3.8) is 0 Å². The van der Waals surface area contributed by atoms with Crippen molar-refractivity contribution in [3.8, 4) is 11.5 Å². The lowest BCUT2D eigenvalue weighted by Gasteiger charge is -2.35. The summed E-state index contributed by atoms with van der Waals surface area (Å²) >= 11 is 1.76. The standard InChI is InChI=1S/C28H38O2S/c1-19-15-21(17-23(25(19)29)27(3)11-7-5-8-12-27)31-22-16-20(2)26(30)24(18-22)28(4)13-9-6-10-14-28/h15-18,29-30H,5-14H2,1-4H3. The maximum Gasteiger partial charge on any atom is 0.122 e. The Kier molecular flexibility index (Phi) is 6.36. The molecule has 0 aliphatic heterocycles. The van der Waals surface area contributed by atoms with Crippen molar-refractivity contribution in [1.82, 2.24) is 0 Å². The van der Waals surface area contributed by atoms with Crippen molar-refractivity contribution in [2.24, 2.45) is 0 Å². The molecule has 168 valence electrons. The van der Waals surface area contributed by atoms with Gasteiger partial charge in [-0.2, -0.15) is 0 Å². The molecular formula is C28H38O2S. The molecule has 0 atom stereocenters. The maximum atomic E-state index is 10.9. The van der Waals surface area contributed by atoms with Crippen LogP contribution in [-0.2, 0) is 10.8 Å². The summed E-state index contributed by atoms with van der Waals surface area (Å²) in [6, 6.07) is 8.67. The smallest absolute Gasteiger partial charge is 0.122 e. The molecule has 0 bridgehead atoms. The number of aromatic hydroxyl groups is 2. The molecule has 0 aromatic heterocycles. The number of phenolic OH excluding ortho intramolecular Hbond substituents is 2. The van der Waals surface area contributed by atoms with Crippen molar-refractivity contribution in [1.29, 1.82) is 0 Å². The second-order valence-electron chi connectivity index (χ2n) is 10.6. The molecule has 4 rings (SSSR count). The van der Waals surface area contributed by atoms with E-state index in [4.69, 9.17) is 0 Å². The predicted octanol–water partition coefficient (Wildman–Crippen LogP) is 8.31. The summed E-state index contributed by atoms with van der Waals surface area (Å²) in [6.45, 7) is 8.68. The quantitative estimate of drug-likeness (QED) is 0.504. The second kappa shape index (κ2) is 8.73. The monoisotopic (exact) mass is 438 g/mol. The molecule has 0 amide bonds. The highest BCUT2D eigenvalue weighted by Gasteiger charge is 2.33. The summed E-state index contributed by atoms with van der Waals surface area (Å²) in [4.78, 5) is 2.36. The van der Waals surface area contributed by atoms with E-state index in [0.717, 1.165) is 47.9 Å². The highest BCUT2D eigenvalue weighted by Crippen LogP contribution is 2.48. The average Bonchev–Trinajstić information content (AvgIpc) is 2.74. The zero-order valence-electron chi connectivity index (χ0n) is 19.7. The molecule has 0 spiro atoms. The van der Waals surface area contributed by atoms with E-state index in [1.807, 2.05) is 13.8 Å². The number of hydrogen-bond donors (Lipinski definition) is 2. The van der Waals surface area contributed by atoms with Gasteiger partial charge in [0, 0.05) is 20.9 Å². The molecule has 2 nitrogen and oxygen atoms in total. The molecule has 2 fully saturated rings. The topological polar surface area (TPSA) is 40.5 Å². The molecule has 0 unspecified atom stereocenters. The van der Waals surface area contributed by atoms with E-state index in [9.17, 15) is 10.2 Å². The van der Waals surface area contributed by atoms with Crippen molar-refractivity contribution in [2.45, 2.75) is 113 Å². The van der Waals surface area contributed by atoms with E-state index in [-0.39, 0.29) is 10.8 Å². The fourth-order valence-electron chi connectivity index (χ4n) is 5.87. The zero-order chi connectivity index (χ0) is 22.2. The molecule has 3 heteroatoms. The minimum atomic E-state index is 0.0648. The number of hydrogen-bond acceptors (Lipinski definition) is 3. The summed E-state index contributed by atoms with van der Waals surface area (Å²) in [5, 5.41) is 21.8. The van der Waals surface area contributed by atoms with Crippen LogP contribution in [0.15, 0.2) is 34.1 Å². The van der Waals surface area contributed by atoms with E-state index >= 15 is 0 Å². The number of aryl methyl sites for hydroxylation is 2. The Labute approximate surface area is 192 Å². The summed E-state index contributed by atoms with van der Waals surface area (Å²) in [5.41, 5.74) is 4.28. The van der Waals surface area contributed by atoms with Crippen LogP contribution in [0.25, 0.3) is 0 Å². The first-order chi connectivity index (χ1) is 14.7. The molecule has 2 N–H and O–H groups in total. The Bertz CT molecular complexity index is 872. The Morgan fingerprint density at radius 2 is 0.968 bits per heavy atom.